The lowest BCUT2D eigenvalue weighted by Gasteiger charge is -2.42. The predicted octanol–water partition coefficient (Wildman–Crippen LogP) is 1.31. The topological polar surface area (TPSA) is 125 Å². The van der Waals surface area contributed by atoms with Gasteiger partial charge in [0.05, 0.1) is 0 Å². The van der Waals surface area contributed by atoms with Crippen molar-refractivity contribution >= 4 is 39.7 Å². The first kappa shape index (κ1) is 23.2. The van der Waals surface area contributed by atoms with Gasteiger partial charge in [-0.25, -0.2) is 4.79 Å². The van der Waals surface area contributed by atoms with Crippen molar-refractivity contribution in [1.29, 1.82) is 0 Å². The van der Waals surface area contributed by atoms with Crippen molar-refractivity contribution in [1.82, 2.24) is 30.6 Å². The fourth-order valence-corrected chi connectivity index (χ4v) is 4.59. The van der Waals surface area contributed by atoms with E-state index in [4.69, 9.17) is 0 Å². The number of halogens is 1. The van der Waals surface area contributed by atoms with Crippen molar-refractivity contribution in [3.63, 3.8) is 0 Å². The van der Waals surface area contributed by atoms with Crippen LogP contribution in [-0.4, -0.2) is 63.6 Å². The standard InChI is InChI=1S/C20H29BrN6O4/c1-4-20(5-2)17(30)27(18(31)24-20)10-15(28)22-11-19(7-6-8-19)12-23-16(29)13-9-14(21)25-26(13)3/h9H,4-8,10-12H2,1-3H3,(H,22,28)(H,23,29)(H,24,31). The van der Waals surface area contributed by atoms with Gasteiger partial charge in [0.1, 0.15) is 22.4 Å². The van der Waals surface area contributed by atoms with Gasteiger partial charge < -0.3 is 16.0 Å². The Labute approximate surface area is 189 Å². The van der Waals surface area contributed by atoms with Gasteiger partial charge in [-0.15, -0.1) is 0 Å². The summed E-state index contributed by atoms with van der Waals surface area (Å²) in [6, 6.07) is 1.12. The number of rotatable bonds is 9. The Kier molecular flexibility index (Phi) is 6.73. The molecule has 0 atom stereocenters. The van der Waals surface area contributed by atoms with E-state index in [1.54, 1.807) is 13.1 Å². The lowest BCUT2D eigenvalue weighted by atomic mass is 9.68. The van der Waals surface area contributed by atoms with Crippen molar-refractivity contribution in [3.8, 4) is 0 Å². The van der Waals surface area contributed by atoms with Gasteiger partial charge >= 0.3 is 6.03 Å². The van der Waals surface area contributed by atoms with Gasteiger partial charge in [-0.05, 0) is 41.6 Å². The third-order valence-electron chi connectivity index (χ3n) is 6.54. The minimum absolute atomic E-state index is 0.227. The number of amides is 5. The molecule has 2 fully saturated rings. The first-order valence-corrected chi connectivity index (χ1v) is 11.3. The second-order valence-corrected chi connectivity index (χ2v) is 9.21. The number of nitrogens with zero attached hydrogens (tertiary/aromatic N) is 3. The van der Waals surface area contributed by atoms with E-state index in [0.29, 0.717) is 36.2 Å². The van der Waals surface area contributed by atoms with Crippen molar-refractivity contribution in [3.05, 3.63) is 16.4 Å². The SMILES string of the molecule is CCC1(CC)NC(=O)N(CC(=O)NCC2(CNC(=O)c3cc(Br)nn3C)CCC2)C1=O. The summed E-state index contributed by atoms with van der Waals surface area (Å²) in [6.45, 7) is 4.16. The molecular weight excluding hydrogens is 468 g/mol. The Morgan fingerprint density at radius 2 is 1.84 bits per heavy atom. The molecule has 3 rings (SSSR count). The van der Waals surface area contributed by atoms with Crippen LogP contribution in [0.3, 0.4) is 0 Å². The highest BCUT2D eigenvalue weighted by molar-refractivity contribution is 9.10. The number of nitrogens with one attached hydrogen (secondary N) is 3. The van der Waals surface area contributed by atoms with Crippen LogP contribution in [0.15, 0.2) is 10.7 Å². The fraction of sp³-hybridized carbons (Fsp3) is 0.650. The smallest absolute Gasteiger partial charge is 0.325 e. The largest absolute Gasteiger partial charge is 0.354 e. The maximum atomic E-state index is 12.7. The Morgan fingerprint density at radius 1 is 1.19 bits per heavy atom. The maximum absolute atomic E-state index is 12.7. The zero-order valence-corrected chi connectivity index (χ0v) is 19.7. The van der Waals surface area contributed by atoms with E-state index in [1.807, 2.05) is 13.8 Å². The first-order valence-electron chi connectivity index (χ1n) is 10.5. The summed E-state index contributed by atoms with van der Waals surface area (Å²) in [5, 5.41) is 12.6. The van der Waals surface area contributed by atoms with Crippen LogP contribution in [0.1, 0.15) is 56.4 Å². The minimum Gasteiger partial charge on any atom is -0.354 e. The molecule has 0 radical (unpaired) electrons. The van der Waals surface area contributed by atoms with E-state index in [9.17, 15) is 19.2 Å². The lowest BCUT2D eigenvalue weighted by Crippen LogP contribution is -2.51. The van der Waals surface area contributed by atoms with Crippen LogP contribution in [0.4, 0.5) is 4.79 Å². The van der Waals surface area contributed by atoms with Gasteiger partial charge in [-0.2, -0.15) is 5.10 Å². The van der Waals surface area contributed by atoms with Crippen LogP contribution < -0.4 is 16.0 Å². The lowest BCUT2D eigenvalue weighted by molar-refractivity contribution is -0.135. The number of aryl methyl sites for hydroxylation is 1. The normalized spacial score (nSPS) is 19.0. The number of urea groups is 1. The van der Waals surface area contributed by atoms with E-state index >= 15 is 0 Å². The highest BCUT2D eigenvalue weighted by Crippen LogP contribution is 2.39. The molecule has 1 aromatic heterocycles. The maximum Gasteiger partial charge on any atom is 0.325 e. The molecule has 0 unspecified atom stereocenters. The average Bonchev–Trinajstić information content (AvgIpc) is 3.17. The van der Waals surface area contributed by atoms with E-state index in [0.717, 1.165) is 24.2 Å². The second-order valence-electron chi connectivity index (χ2n) is 8.40. The van der Waals surface area contributed by atoms with Crippen molar-refractivity contribution in [2.24, 2.45) is 12.5 Å². The quantitative estimate of drug-likeness (QED) is 0.444. The van der Waals surface area contributed by atoms with Crippen LogP contribution >= 0.6 is 15.9 Å². The summed E-state index contributed by atoms with van der Waals surface area (Å²) in [5.74, 6) is -0.974. The third kappa shape index (κ3) is 4.60. The molecule has 31 heavy (non-hydrogen) atoms. The molecule has 1 saturated carbocycles. The molecule has 170 valence electrons. The molecule has 0 aromatic carbocycles. The summed E-state index contributed by atoms with van der Waals surface area (Å²) in [5.41, 5.74) is -0.702. The summed E-state index contributed by atoms with van der Waals surface area (Å²) in [6.07, 6.45) is 3.72. The number of aromatic nitrogens is 2. The summed E-state index contributed by atoms with van der Waals surface area (Å²) >= 11 is 3.25. The minimum atomic E-state index is -0.919. The number of hydrogen-bond donors (Lipinski definition) is 3. The van der Waals surface area contributed by atoms with Gasteiger partial charge in [0.15, 0.2) is 0 Å². The zero-order chi connectivity index (χ0) is 22.8. The van der Waals surface area contributed by atoms with Gasteiger partial charge in [-0.1, -0.05) is 20.3 Å². The molecular formula is C20H29BrN6O4. The Bertz CT molecular complexity index is 890. The van der Waals surface area contributed by atoms with Crippen LogP contribution in [0.25, 0.3) is 0 Å². The number of carbonyl (C=O) groups excluding carboxylic acids is 4. The van der Waals surface area contributed by atoms with E-state index in [1.165, 1.54) is 4.68 Å². The highest BCUT2D eigenvalue weighted by atomic mass is 79.9. The number of carbonyl (C=O) groups is 4. The molecule has 0 bridgehead atoms. The molecule has 11 heteroatoms. The molecule has 1 saturated heterocycles. The highest BCUT2D eigenvalue weighted by Gasteiger charge is 2.49. The van der Waals surface area contributed by atoms with Gasteiger partial charge in [-0.3, -0.25) is 24.0 Å². The van der Waals surface area contributed by atoms with E-state index in [2.05, 4.69) is 37.0 Å². The number of imide groups is 1. The van der Waals surface area contributed by atoms with Crippen LogP contribution in [-0.2, 0) is 16.6 Å². The molecule has 2 aliphatic rings. The van der Waals surface area contributed by atoms with E-state index < -0.39 is 11.6 Å². The average molecular weight is 497 g/mol. The van der Waals surface area contributed by atoms with Gasteiger partial charge in [0.25, 0.3) is 11.8 Å². The number of hydrogen-bond acceptors (Lipinski definition) is 5. The van der Waals surface area contributed by atoms with Crippen LogP contribution in [0.5, 0.6) is 0 Å². The Morgan fingerprint density at radius 3 is 2.32 bits per heavy atom. The molecule has 1 aliphatic heterocycles. The zero-order valence-electron chi connectivity index (χ0n) is 18.1. The monoisotopic (exact) mass is 496 g/mol. The van der Waals surface area contributed by atoms with Gasteiger partial charge in [0.2, 0.25) is 5.91 Å². The summed E-state index contributed by atoms with van der Waals surface area (Å²) in [7, 11) is 1.70. The summed E-state index contributed by atoms with van der Waals surface area (Å²) < 4.78 is 2.08. The molecule has 10 nitrogen and oxygen atoms in total. The second kappa shape index (κ2) is 8.97. The van der Waals surface area contributed by atoms with Crippen LogP contribution in [0, 0.1) is 5.41 Å². The molecule has 0 spiro atoms. The molecule has 2 heterocycles. The molecule has 1 aromatic rings. The van der Waals surface area contributed by atoms with Gasteiger partial charge in [0, 0.05) is 31.6 Å². The molecule has 5 amide bonds. The predicted molar refractivity (Wildman–Crippen MR) is 116 cm³/mol. The van der Waals surface area contributed by atoms with E-state index in [-0.39, 0.29) is 29.7 Å². The Hall–Kier alpha value is -2.43. The molecule has 3 N–H and O–H groups in total. The van der Waals surface area contributed by atoms with Crippen molar-refractivity contribution in [2.75, 3.05) is 19.6 Å². The first-order chi connectivity index (χ1) is 14.6. The van der Waals surface area contributed by atoms with Crippen molar-refractivity contribution in [2.45, 2.75) is 51.5 Å². The summed E-state index contributed by atoms with van der Waals surface area (Å²) in [4.78, 5) is 50.8. The van der Waals surface area contributed by atoms with Crippen LogP contribution in [0.2, 0.25) is 0 Å². The van der Waals surface area contributed by atoms with Crippen molar-refractivity contribution < 1.29 is 19.2 Å². The molecule has 1 aliphatic carbocycles. The Balaban J connectivity index is 1.53. The fourth-order valence-electron chi connectivity index (χ4n) is 4.13. The third-order valence-corrected chi connectivity index (χ3v) is 6.92.